The molecule has 0 spiro atoms. The molecule has 1 rings (SSSR count). The molecule has 0 aromatic heterocycles. The van der Waals surface area contributed by atoms with Crippen molar-refractivity contribution in [3.05, 3.63) is 0 Å². The van der Waals surface area contributed by atoms with Crippen LogP contribution in [0.2, 0.25) is 0 Å². The summed E-state index contributed by atoms with van der Waals surface area (Å²) in [6, 6.07) is -0.424. The van der Waals surface area contributed by atoms with Crippen LogP contribution in [0.4, 0.5) is 0 Å². The average Bonchev–Trinajstić information content (AvgIpc) is 1.82. The molecule has 6 N–H and O–H groups in total. The van der Waals surface area contributed by atoms with Crippen molar-refractivity contribution in [2.24, 2.45) is 11.5 Å². The summed E-state index contributed by atoms with van der Waals surface area (Å²) in [5.41, 5.74) is 11.0. The van der Waals surface area contributed by atoms with E-state index in [4.69, 9.17) is 21.7 Å². The molecule has 3 unspecified atom stereocenters. The Hall–Kier alpha value is -0.160. The summed E-state index contributed by atoms with van der Waals surface area (Å²) in [4.78, 5) is 0. The summed E-state index contributed by atoms with van der Waals surface area (Å²) in [5, 5.41) is 18.2. The summed E-state index contributed by atoms with van der Waals surface area (Å²) in [6.07, 6.45) is -0.480. The molecule has 0 aromatic carbocycles. The molecule has 0 aliphatic heterocycles. The van der Waals surface area contributed by atoms with Gasteiger partial charge in [-0.15, -0.1) is 0 Å². The number of nitrogens with two attached hydrogens (primary N) is 2. The maximum Gasteiger partial charge on any atom is 0.0950 e. The van der Waals surface area contributed by atoms with Gasteiger partial charge in [-0.2, -0.15) is 0 Å². The Morgan fingerprint density at radius 2 is 1.70 bits per heavy atom. The fourth-order valence-corrected chi connectivity index (χ4v) is 1.32. The molecule has 1 fully saturated rings. The first-order valence-electron chi connectivity index (χ1n) is 3.48. The van der Waals surface area contributed by atoms with Gasteiger partial charge in [-0.25, -0.2) is 0 Å². The van der Waals surface area contributed by atoms with Crippen LogP contribution in [0, 0.1) is 0 Å². The van der Waals surface area contributed by atoms with Crippen LogP contribution in [0.5, 0.6) is 0 Å². The Balaban J connectivity index is 2.49. The maximum absolute atomic E-state index is 9.13. The molecule has 1 aliphatic carbocycles. The van der Waals surface area contributed by atoms with Crippen LogP contribution < -0.4 is 11.5 Å². The monoisotopic (exact) mass is 146 g/mol. The molecule has 0 heterocycles. The predicted octanol–water partition coefficient (Wildman–Crippen LogP) is -1.84. The van der Waals surface area contributed by atoms with Crippen molar-refractivity contribution in [3.8, 4) is 0 Å². The molecule has 0 bridgehead atoms. The van der Waals surface area contributed by atoms with Crippen molar-refractivity contribution in [1.29, 1.82) is 0 Å². The molecular weight excluding hydrogens is 132 g/mol. The quantitative estimate of drug-likeness (QED) is 0.323. The van der Waals surface area contributed by atoms with Crippen molar-refractivity contribution in [1.82, 2.24) is 0 Å². The van der Waals surface area contributed by atoms with Gasteiger partial charge in [0.05, 0.1) is 12.2 Å². The van der Waals surface area contributed by atoms with Crippen LogP contribution in [-0.2, 0) is 0 Å². The van der Waals surface area contributed by atoms with Gasteiger partial charge in [-0.3, -0.25) is 0 Å². The lowest BCUT2D eigenvalue weighted by molar-refractivity contribution is -0.0259. The molecule has 60 valence electrons. The van der Waals surface area contributed by atoms with E-state index in [-0.39, 0.29) is 12.1 Å². The largest absolute Gasteiger partial charge is 0.390 e. The fraction of sp³-hybridized carbons (Fsp3) is 1.00. The molecule has 0 aromatic rings. The Bertz CT molecular complexity index is 108. The lowest BCUT2D eigenvalue weighted by atomic mass is 9.87. The maximum atomic E-state index is 9.13. The topological polar surface area (TPSA) is 92.5 Å². The Labute approximate surface area is 59.8 Å². The van der Waals surface area contributed by atoms with Crippen LogP contribution in [0.15, 0.2) is 0 Å². The molecule has 0 saturated heterocycles. The van der Waals surface area contributed by atoms with Crippen LogP contribution >= 0.6 is 0 Å². The minimum absolute atomic E-state index is 0.0617. The number of aliphatic hydroxyl groups is 2. The Morgan fingerprint density at radius 3 is 2.20 bits per heavy atom. The van der Waals surface area contributed by atoms with Gasteiger partial charge >= 0.3 is 0 Å². The highest BCUT2D eigenvalue weighted by Crippen LogP contribution is 2.16. The number of hydrogen-bond donors (Lipinski definition) is 4. The summed E-state index contributed by atoms with van der Waals surface area (Å²) in [7, 11) is 0. The van der Waals surface area contributed by atoms with Gasteiger partial charge in [0.2, 0.25) is 0 Å². The van der Waals surface area contributed by atoms with Gasteiger partial charge in [-0.05, 0) is 12.8 Å². The summed E-state index contributed by atoms with van der Waals surface area (Å²) < 4.78 is 0. The van der Waals surface area contributed by atoms with E-state index in [0.29, 0.717) is 12.8 Å². The van der Waals surface area contributed by atoms with E-state index in [2.05, 4.69) is 0 Å². The smallest absolute Gasteiger partial charge is 0.0950 e. The number of rotatable bonds is 0. The molecule has 4 nitrogen and oxygen atoms in total. The Morgan fingerprint density at radius 1 is 1.10 bits per heavy atom. The van der Waals surface area contributed by atoms with Gasteiger partial charge < -0.3 is 21.7 Å². The van der Waals surface area contributed by atoms with Crippen molar-refractivity contribution in [3.63, 3.8) is 0 Å². The van der Waals surface area contributed by atoms with E-state index < -0.39 is 12.2 Å². The van der Waals surface area contributed by atoms with Crippen molar-refractivity contribution < 1.29 is 10.2 Å². The minimum Gasteiger partial charge on any atom is -0.390 e. The van der Waals surface area contributed by atoms with Gasteiger partial charge in [-0.1, -0.05) is 0 Å². The second kappa shape index (κ2) is 2.84. The summed E-state index contributed by atoms with van der Waals surface area (Å²) in [5.74, 6) is 0. The van der Waals surface area contributed by atoms with E-state index in [1.54, 1.807) is 0 Å². The zero-order valence-electron chi connectivity index (χ0n) is 5.77. The lowest BCUT2D eigenvalue weighted by Crippen LogP contribution is -2.52. The summed E-state index contributed by atoms with van der Waals surface area (Å²) in [6.45, 7) is 0. The SMILES string of the molecule is NC1CC(N)[C@@H](O)C(O)C1. The first kappa shape index (κ1) is 7.94. The molecule has 1 saturated carbocycles. The van der Waals surface area contributed by atoms with Gasteiger partial charge in [0.15, 0.2) is 0 Å². The van der Waals surface area contributed by atoms with Gasteiger partial charge in [0.25, 0.3) is 0 Å². The number of hydrogen-bond acceptors (Lipinski definition) is 4. The molecular formula is C6H14N2O2. The molecule has 1 aliphatic rings. The second-order valence-electron chi connectivity index (χ2n) is 2.95. The third kappa shape index (κ3) is 1.46. The third-order valence-corrected chi connectivity index (χ3v) is 1.95. The van der Waals surface area contributed by atoms with E-state index in [1.807, 2.05) is 0 Å². The first-order chi connectivity index (χ1) is 4.61. The average molecular weight is 146 g/mol. The predicted molar refractivity (Wildman–Crippen MR) is 37.2 cm³/mol. The van der Waals surface area contributed by atoms with Crippen molar-refractivity contribution >= 4 is 0 Å². The molecule has 0 amide bonds. The third-order valence-electron chi connectivity index (χ3n) is 1.95. The van der Waals surface area contributed by atoms with Gasteiger partial charge in [0, 0.05) is 12.1 Å². The van der Waals surface area contributed by atoms with Crippen molar-refractivity contribution in [2.45, 2.75) is 37.1 Å². The zero-order chi connectivity index (χ0) is 7.72. The highest BCUT2D eigenvalue weighted by atomic mass is 16.3. The van der Waals surface area contributed by atoms with Crippen molar-refractivity contribution in [2.75, 3.05) is 0 Å². The van der Waals surface area contributed by atoms with E-state index in [9.17, 15) is 0 Å². The van der Waals surface area contributed by atoms with E-state index in [0.717, 1.165) is 0 Å². The molecule has 4 atom stereocenters. The lowest BCUT2D eigenvalue weighted by Gasteiger charge is -2.32. The van der Waals surface area contributed by atoms with Crippen LogP contribution in [-0.4, -0.2) is 34.5 Å². The normalized spacial score (nSPS) is 49.2. The van der Waals surface area contributed by atoms with Crippen LogP contribution in [0.1, 0.15) is 12.8 Å². The van der Waals surface area contributed by atoms with Crippen LogP contribution in [0.3, 0.4) is 0 Å². The van der Waals surface area contributed by atoms with Crippen LogP contribution in [0.25, 0.3) is 0 Å². The van der Waals surface area contributed by atoms with E-state index >= 15 is 0 Å². The zero-order valence-corrected chi connectivity index (χ0v) is 5.77. The minimum atomic E-state index is -0.792. The Kier molecular flexibility index (Phi) is 2.25. The standard InChI is InChI=1S/C6H14N2O2/c7-3-1-4(8)6(10)5(9)2-3/h3-6,9-10H,1-2,7-8H2/t3?,4?,5?,6-/m1/s1. The second-order valence-corrected chi connectivity index (χ2v) is 2.95. The first-order valence-corrected chi connectivity index (χ1v) is 3.48. The highest BCUT2D eigenvalue weighted by molar-refractivity contribution is 4.89. The fourth-order valence-electron chi connectivity index (χ4n) is 1.32. The molecule has 10 heavy (non-hydrogen) atoms. The summed E-state index contributed by atoms with van der Waals surface area (Å²) >= 11 is 0. The molecule has 0 radical (unpaired) electrons. The van der Waals surface area contributed by atoms with E-state index in [1.165, 1.54) is 0 Å². The highest BCUT2D eigenvalue weighted by Gasteiger charge is 2.31. The van der Waals surface area contributed by atoms with Gasteiger partial charge in [0.1, 0.15) is 0 Å². The molecule has 4 heteroatoms. The number of aliphatic hydroxyl groups excluding tert-OH is 2.